The molecule has 1 N–H and O–H groups in total. The lowest BCUT2D eigenvalue weighted by Crippen LogP contribution is -2.19. The summed E-state index contributed by atoms with van der Waals surface area (Å²) in [6.07, 6.45) is 0. The van der Waals surface area contributed by atoms with Gasteiger partial charge in [-0.1, -0.05) is 29.8 Å². The third kappa shape index (κ3) is 3.40. The number of ether oxygens (including phenoxy) is 2. The third-order valence-electron chi connectivity index (χ3n) is 4.76. The highest BCUT2D eigenvalue weighted by atomic mass is 16.7. The van der Waals surface area contributed by atoms with Crippen molar-refractivity contribution in [1.82, 2.24) is 4.57 Å². The summed E-state index contributed by atoms with van der Waals surface area (Å²) in [5, 5.41) is 2.98. The van der Waals surface area contributed by atoms with E-state index in [1.807, 2.05) is 38.1 Å². The topological polar surface area (TPSA) is 52.5 Å². The van der Waals surface area contributed by atoms with E-state index in [1.165, 1.54) is 11.1 Å². The minimum atomic E-state index is -0.132. The number of amides is 1. The monoisotopic (exact) mass is 362 g/mol. The number of rotatable bonds is 4. The lowest BCUT2D eigenvalue weighted by atomic mass is 10.1. The molecule has 0 bridgehead atoms. The van der Waals surface area contributed by atoms with E-state index < -0.39 is 0 Å². The van der Waals surface area contributed by atoms with Crippen LogP contribution in [0.4, 0.5) is 5.69 Å². The van der Waals surface area contributed by atoms with Gasteiger partial charge in [0.1, 0.15) is 5.69 Å². The minimum absolute atomic E-state index is 0.132. The van der Waals surface area contributed by atoms with Gasteiger partial charge in [0, 0.05) is 24.0 Å². The second-order valence-corrected chi connectivity index (χ2v) is 6.91. The SMILES string of the molecule is Cc1cccc(Cn2c(C)cc(C)c2C(=O)Nc2ccc3c(c2)OCO3)c1. The summed E-state index contributed by atoms with van der Waals surface area (Å²) in [4.78, 5) is 13.0. The molecule has 2 heterocycles. The highest BCUT2D eigenvalue weighted by molar-refractivity contribution is 6.04. The predicted molar refractivity (Wildman–Crippen MR) is 105 cm³/mol. The number of hydrogen-bond acceptors (Lipinski definition) is 3. The molecule has 0 atom stereocenters. The van der Waals surface area contributed by atoms with Crippen LogP contribution in [0, 0.1) is 20.8 Å². The minimum Gasteiger partial charge on any atom is -0.454 e. The molecule has 0 radical (unpaired) electrons. The molecule has 1 aliphatic rings. The normalized spacial score (nSPS) is 12.3. The fourth-order valence-electron chi connectivity index (χ4n) is 3.51. The van der Waals surface area contributed by atoms with Gasteiger partial charge in [0.2, 0.25) is 6.79 Å². The molecular weight excluding hydrogens is 340 g/mol. The highest BCUT2D eigenvalue weighted by Gasteiger charge is 2.19. The molecular formula is C22H22N2O3. The second kappa shape index (κ2) is 6.83. The summed E-state index contributed by atoms with van der Waals surface area (Å²) in [5.74, 6) is 1.21. The first-order valence-corrected chi connectivity index (χ1v) is 8.94. The Hall–Kier alpha value is -3.21. The average molecular weight is 362 g/mol. The molecule has 5 nitrogen and oxygen atoms in total. The van der Waals surface area contributed by atoms with Gasteiger partial charge in [0.15, 0.2) is 11.5 Å². The van der Waals surface area contributed by atoms with Gasteiger partial charge in [0.25, 0.3) is 5.91 Å². The van der Waals surface area contributed by atoms with Gasteiger partial charge in [-0.15, -0.1) is 0 Å². The molecule has 0 unspecified atom stereocenters. The Bertz CT molecular complexity index is 1020. The zero-order valence-corrected chi connectivity index (χ0v) is 15.7. The molecule has 2 aromatic carbocycles. The van der Waals surface area contributed by atoms with E-state index in [1.54, 1.807) is 6.07 Å². The Kier molecular flexibility index (Phi) is 4.36. The van der Waals surface area contributed by atoms with Crippen LogP contribution in [0.25, 0.3) is 0 Å². The zero-order valence-electron chi connectivity index (χ0n) is 15.7. The van der Waals surface area contributed by atoms with Crippen molar-refractivity contribution in [2.45, 2.75) is 27.3 Å². The number of carbonyl (C=O) groups is 1. The molecule has 0 saturated carbocycles. The van der Waals surface area contributed by atoms with Crippen molar-refractivity contribution in [2.75, 3.05) is 12.1 Å². The van der Waals surface area contributed by atoms with E-state index >= 15 is 0 Å². The fourth-order valence-corrected chi connectivity index (χ4v) is 3.51. The van der Waals surface area contributed by atoms with Crippen LogP contribution in [0.2, 0.25) is 0 Å². The molecule has 0 fully saturated rings. The molecule has 1 amide bonds. The first kappa shape index (κ1) is 17.2. The van der Waals surface area contributed by atoms with Gasteiger partial charge < -0.3 is 19.4 Å². The molecule has 0 spiro atoms. The van der Waals surface area contributed by atoms with E-state index in [4.69, 9.17) is 9.47 Å². The van der Waals surface area contributed by atoms with Crippen LogP contribution in [0.3, 0.4) is 0 Å². The van der Waals surface area contributed by atoms with Crippen LogP contribution in [0.1, 0.15) is 32.9 Å². The molecule has 138 valence electrons. The summed E-state index contributed by atoms with van der Waals surface area (Å²) in [5.41, 5.74) is 5.76. The van der Waals surface area contributed by atoms with Gasteiger partial charge in [-0.3, -0.25) is 4.79 Å². The first-order valence-electron chi connectivity index (χ1n) is 8.94. The smallest absolute Gasteiger partial charge is 0.272 e. The largest absolute Gasteiger partial charge is 0.454 e. The van der Waals surface area contributed by atoms with E-state index in [-0.39, 0.29) is 12.7 Å². The van der Waals surface area contributed by atoms with E-state index in [0.29, 0.717) is 29.4 Å². The van der Waals surface area contributed by atoms with E-state index in [9.17, 15) is 4.79 Å². The molecule has 0 saturated heterocycles. The van der Waals surface area contributed by atoms with Crippen LogP contribution < -0.4 is 14.8 Å². The Balaban J connectivity index is 1.62. The standard InChI is InChI=1S/C22H22N2O3/c1-14-5-4-6-17(9-14)12-24-16(3)10-15(2)21(24)22(25)23-18-7-8-19-20(11-18)27-13-26-19/h4-11H,12-13H2,1-3H3,(H,23,25). The van der Waals surface area contributed by atoms with E-state index in [2.05, 4.69) is 35.0 Å². The maximum atomic E-state index is 13.0. The number of nitrogens with zero attached hydrogens (tertiary/aromatic N) is 1. The van der Waals surface area contributed by atoms with Gasteiger partial charge in [-0.2, -0.15) is 0 Å². The van der Waals surface area contributed by atoms with Crippen molar-refractivity contribution < 1.29 is 14.3 Å². The number of nitrogens with one attached hydrogen (secondary N) is 1. The second-order valence-electron chi connectivity index (χ2n) is 6.91. The zero-order chi connectivity index (χ0) is 19.0. The third-order valence-corrected chi connectivity index (χ3v) is 4.76. The number of aromatic nitrogens is 1. The number of hydrogen-bond donors (Lipinski definition) is 1. The van der Waals surface area contributed by atoms with Crippen LogP contribution in [0.5, 0.6) is 11.5 Å². The van der Waals surface area contributed by atoms with Crippen LogP contribution in [-0.4, -0.2) is 17.3 Å². The Labute approximate surface area is 158 Å². The first-order chi connectivity index (χ1) is 13.0. The molecule has 27 heavy (non-hydrogen) atoms. The molecule has 3 aromatic rings. The van der Waals surface area contributed by atoms with Crippen LogP contribution in [0.15, 0.2) is 48.5 Å². The van der Waals surface area contributed by atoms with Crippen molar-refractivity contribution in [3.05, 3.63) is 76.6 Å². The summed E-state index contributed by atoms with van der Waals surface area (Å²) >= 11 is 0. The van der Waals surface area contributed by atoms with Crippen LogP contribution >= 0.6 is 0 Å². The predicted octanol–water partition coefficient (Wildman–Crippen LogP) is 4.44. The van der Waals surface area contributed by atoms with Gasteiger partial charge in [0.05, 0.1) is 0 Å². The Morgan fingerprint density at radius 1 is 1.04 bits per heavy atom. The molecule has 1 aromatic heterocycles. The Morgan fingerprint density at radius 3 is 2.67 bits per heavy atom. The van der Waals surface area contributed by atoms with Gasteiger partial charge >= 0.3 is 0 Å². The molecule has 5 heteroatoms. The van der Waals surface area contributed by atoms with Crippen molar-refractivity contribution in [3.63, 3.8) is 0 Å². The average Bonchev–Trinajstić information content (AvgIpc) is 3.19. The van der Waals surface area contributed by atoms with Crippen molar-refractivity contribution >= 4 is 11.6 Å². The number of aryl methyl sites for hydroxylation is 3. The maximum Gasteiger partial charge on any atom is 0.272 e. The Morgan fingerprint density at radius 2 is 1.85 bits per heavy atom. The maximum absolute atomic E-state index is 13.0. The number of fused-ring (bicyclic) bond motifs is 1. The quantitative estimate of drug-likeness (QED) is 0.746. The lowest BCUT2D eigenvalue weighted by Gasteiger charge is -2.13. The number of carbonyl (C=O) groups excluding carboxylic acids is 1. The fraction of sp³-hybridized carbons (Fsp3) is 0.227. The summed E-state index contributed by atoms with van der Waals surface area (Å²) in [6.45, 7) is 6.94. The van der Waals surface area contributed by atoms with Gasteiger partial charge in [-0.25, -0.2) is 0 Å². The van der Waals surface area contributed by atoms with E-state index in [0.717, 1.165) is 11.3 Å². The van der Waals surface area contributed by atoms with Gasteiger partial charge in [-0.05, 0) is 50.1 Å². The van der Waals surface area contributed by atoms with Crippen molar-refractivity contribution in [1.29, 1.82) is 0 Å². The molecule has 0 aliphatic carbocycles. The van der Waals surface area contributed by atoms with Crippen molar-refractivity contribution in [2.24, 2.45) is 0 Å². The summed E-state index contributed by atoms with van der Waals surface area (Å²) in [7, 11) is 0. The number of anilines is 1. The number of benzene rings is 2. The molecule has 4 rings (SSSR count). The molecule has 1 aliphatic heterocycles. The lowest BCUT2D eigenvalue weighted by molar-refractivity contribution is 0.101. The summed E-state index contributed by atoms with van der Waals surface area (Å²) < 4.78 is 12.8. The highest BCUT2D eigenvalue weighted by Crippen LogP contribution is 2.34. The van der Waals surface area contributed by atoms with Crippen molar-refractivity contribution in [3.8, 4) is 11.5 Å². The summed E-state index contributed by atoms with van der Waals surface area (Å²) in [6, 6.07) is 15.8. The van der Waals surface area contributed by atoms with Crippen LogP contribution in [-0.2, 0) is 6.54 Å².